The Morgan fingerprint density at radius 2 is 1.78 bits per heavy atom. The molecule has 0 fully saturated rings. The highest BCUT2D eigenvalue weighted by Crippen LogP contribution is 2.38. The van der Waals surface area contributed by atoms with Crippen molar-refractivity contribution in [3.05, 3.63) is 53.1 Å². The molecule has 27 heavy (non-hydrogen) atoms. The van der Waals surface area contributed by atoms with Gasteiger partial charge in [-0.25, -0.2) is 0 Å². The Morgan fingerprint density at radius 3 is 2.37 bits per heavy atom. The van der Waals surface area contributed by atoms with E-state index in [0.29, 0.717) is 24.7 Å². The van der Waals surface area contributed by atoms with Gasteiger partial charge in [0.25, 0.3) is 0 Å². The van der Waals surface area contributed by atoms with E-state index in [9.17, 15) is 4.79 Å². The van der Waals surface area contributed by atoms with Crippen molar-refractivity contribution >= 4 is 5.91 Å². The third-order valence-corrected chi connectivity index (χ3v) is 5.15. The van der Waals surface area contributed by atoms with Crippen LogP contribution < -0.4 is 14.2 Å². The number of benzene rings is 2. The van der Waals surface area contributed by atoms with E-state index in [1.54, 1.807) is 21.1 Å². The molecule has 0 aliphatic carbocycles. The highest BCUT2D eigenvalue weighted by molar-refractivity contribution is 5.74. The number of hydrogen-bond donors (Lipinski definition) is 0. The Bertz CT molecular complexity index is 801. The second kappa shape index (κ2) is 8.33. The zero-order chi connectivity index (χ0) is 19.4. The van der Waals surface area contributed by atoms with Crippen LogP contribution >= 0.6 is 0 Å². The lowest BCUT2D eigenvalue weighted by atomic mass is 9.92. The first-order valence-corrected chi connectivity index (χ1v) is 9.31. The molecule has 0 radical (unpaired) electrons. The minimum Gasteiger partial charge on any atom is -0.493 e. The van der Waals surface area contributed by atoms with Crippen molar-refractivity contribution in [2.45, 2.75) is 32.7 Å². The molecule has 5 heteroatoms. The van der Waals surface area contributed by atoms with Crippen LogP contribution in [0.4, 0.5) is 0 Å². The van der Waals surface area contributed by atoms with Gasteiger partial charge in [0.05, 0.1) is 20.3 Å². The molecule has 144 valence electrons. The molecule has 0 spiro atoms. The number of carbonyl (C=O) groups is 1. The van der Waals surface area contributed by atoms with Gasteiger partial charge >= 0.3 is 0 Å². The summed E-state index contributed by atoms with van der Waals surface area (Å²) in [5.41, 5.74) is 3.49. The third kappa shape index (κ3) is 4.02. The molecule has 1 amide bonds. The maximum absolute atomic E-state index is 12.2. The van der Waals surface area contributed by atoms with Gasteiger partial charge in [-0.3, -0.25) is 4.79 Å². The fourth-order valence-electron chi connectivity index (χ4n) is 3.58. The molecule has 5 nitrogen and oxygen atoms in total. The molecule has 0 N–H and O–H groups in total. The molecule has 2 aromatic carbocycles. The SMILES string of the molecule is CCc1ccc(OC[C@@H]2c3cc(OC)c(OC)cc3CCN2C(C)=O)cc1. The number of carbonyl (C=O) groups excluding carboxylic acids is 1. The molecule has 0 saturated carbocycles. The molecule has 1 aliphatic heterocycles. The van der Waals surface area contributed by atoms with Gasteiger partial charge in [-0.2, -0.15) is 0 Å². The summed E-state index contributed by atoms with van der Waals surface area (Å²) in [6, 6.07) is 11.9. The molecule has 0 saturated heterocycles. The normalized spacial score (nSPS) is 15.9. The van der Waals surface area contributed by atoms with Gasteiger partial charge in [0, 0.05) is 13.5 Å². The number of ether oxygens (including phenoxy) is 3. The minimum atomic E-state index is -0.156. The Labute approximate surface area is 160 Å². The van der Waals surface area contributed by atoms with Crippen molar-refractivity contribution < 1.29 is 19.0 Å². The number of methoxy groups -OCH3 is 2. The third-order valence-electron chi connectivity index (χ3n) is 5.15. The molecule has 0 aromatic heterocycles. The van der Waals surface area contributed by atoms with Crippen molar-refractivity contribution in [2.24, 2.45) is 0 Å². The molecule has 0 unspecified atom stereocenters. The van der Waals surface area contributed by atoms with Crippen LogP contribution in [-0.2, 0) is 17.6 Å². The van der Waals surface area contributed by atoms with E-state index in [1.165, 1.54) is 11.1 Å². The first kappa shape index (κ1) is 19.1. The zero-order valence-electron chi connectivity index (χ0n) is 16.5. The van der Waals surface area contributed by atoms with E-state index in [-0.39, 0.29) is 11.9 Å². The molecule has 0 bridgehead atoms. The Morgan fingerprint density at radius 1 is 1.11 bits per heavy atom. The predicted molar refractivity (Wildman–Crippen MR) is 105 cm³/mol. The fraction of sp³-hybridized carbons (Fsp3) is 0.409. The van der Waals surface area contributed by atoms with Crippen molar-refractivity contribution in [2.75, 3.05) is 27.4 Å². The molecule has 2 aromatic rings. The lowest BCUT2D eigenvalue weighted by Crippen LogP contribution is -2.41. The Hall–Kier alpha value is -2.69. The van der Waals surface area contributed by atoms with Crippen LogP contribution in [0.5, 0.6) is 17.2 Å². The second-order valence-corrected chi connectivity index (χ2v) is 6.69. The number of amides is 1. The summed E-state index contributed by atoms with van der Waals surface area (Å²) < 4.78 is 16.9. The van der Waals surface area contributed by atoms with Gasteiger partial charge in [-0.1, -0.05) is 19.1 Å². The quantitative estimate of drug-likeness (QED) is 0.777. The lowest BCUT2D eigenvalue weighted by Gasteiger charge is -2.37. The fourth-order valence-corrected chi connectivity index (χ4v) is 3.58. The topological polar surface area (TPSA) is 48.0 Å². The summed E-state index contributed by atoms with van der Waals surface area (Å²) >= 11 is 0. The lowest BCUT2D eigenvalue weighted by molar-refractivity contribution is -0.132. The number of nitrogens with zero attached hydrogens (tertiary/aromatic N) is 1. The van der Waals surface area contributed by atoms with E-state index in [0.717, 1.165) is 24.2 Å². The maximum atomic E-state index is 12.2. The van der Waals surface area contributed by atoms with Crippen LogP contribution in [-0.4, -0.2) is 38.2 Å². The van der Waals surface area contributed by atoms with Crippen LogP contribution in [0.3, 0.4) is 0 Å². The van der Waals surface area contributed by atoms with Gasteiger partial charge in [0.2, 0.25) is 5.91 Å². The zero-order valence-corrected chi connectivity index (χ0v) is 16.5. The summed E-state index contributed by atoms with van der Waals surface area (Å²) in [7, 11) is 3.26. The first-order chi connectivity index (χ1) is 13.1. The smallest absolute Gasteiger partial charge is 0.220 e. The van der Waals surface area contributed by atoms with Crippen molar-refractivity contribution in [3.63, 3.8) is 0 Å². The Balaban J connectivity index is 1.89. The predicted octanol–water partition coefficient (Wildman–Crippen LogP) is 3.79. The van der Waals surface area contributed by atoms with Gasteiger partial charge < -0.3 is 19.1 Å². The Kier molecular flexibility index (Phi) is 5.89. The highest BCUT2D eigenvalue weighted by Gasteiger charge is 2.31. The summed E-state index contributed by atoms with van der Waals surface area (Å²) in [6.07, 6.45) is 1.78. The monoisotopic (exact) mass is 369 g/mol. The average Bonchev–Trinajstić information content (AvgIpc) is 2.70. The molecule has 1 aliphatic rings. The summed E-state index contributed by atoms with van der Waals surface area (Å²) in [6.45, 7) is 4.80. The molecular formula is C22H27NO4. The van der Waals surface area contributed by atoms with Gasteiger partial charge in [0.1, 0.15) is 12.4 Å². The molecule has 3 rings (SSSR count). The molecule has 1 heterocycles. The minimum absolute atomic E-state index is 0.0466. The first-order valence-electron chi connectivity index (χ1n) is 9.31. The van der Waals surface area contributed by atoms with Gasteiger partial charge in [-0.05, 0) is 53.8 Å². The van der Waals surface area contributed by atoms with Gasteiger partial charge in [-0.15, -0.1) is 0 Å². The number of hydrogen-bond acceptors (Lipinski definition) is 4. The second-order valence-electron chi connectivity index (χ2n) is 6.69. The van der Waals surface area contributed by atoms with E-state index in [2.05, 4.69) is 19.1 Å². The van der Waals surface area contributed by atoms with Crippen LogP contribution in [0.1, 0.15) is 36.6 Å². The van der Waals surface area contributed by atoms with E-state index in [4.69, 9.17) is 14.2 Å². The van der Waals surface area contributed by atoms with Crippen LogP contribution in [0.15, 0.2) is 36.4 Å². The van der Waals surface area contributed by atoms with E-state index >= 15 is 0 Å². The highest BCUT2D eigenvalue weighted by atomic mass is 16.5. The largest absolute Gasteiger partial charge is 0.493 e. The van der Waals surface area contributed by atoms with Crippen molar-refractivity contribution in [1.29, 1.82) is 0 Å². The summed E-state index contributed by atoms with van der Waals surface area (Å²) in [5, 5.41) is 0. The number of aryl methyl sites for hydroxylation is 1. The van der Waals surface area contributed by atoms with E-state index in [1.807, 2.05) is 29.2 Å². The van der Waals surface area contributed by atoms with Crippen LogP contribution in [0, 0.1) is 0 Å². The van der Waals surface area contributed by atoms with Crippen LogP contribution in [0.2, 0.25) is 0 Å². The average molecular weight is 369 g/mol. The van der Waals surface area contributed by atoms with Crippen molar-refractivity contribution in [3.8, 4) is 17.2 Å². The molecular weight excluding hydrogens is 342 g/mol. The standard InChI is InChI=1S/C22H27NO4/c1-5-16-6-8-18(9-7-16)27-14-20-19-13-22(26-4)21(25-3)12-17(19)10-11-23(20)15(2)24/h6-9,12-13,20H,5,10-11,14H2,1-4H3/t20-/m1/s1. The van der Waals surface area contributed by atoms with Gasteiger partial charge in [0.15, 0.2) is 11.5 Å². The molecule has 1 atom stereocenters. The number of fused-ring (bicyclic) bond motifs is 1. The van der Waals surface area contributed by atoms with E-state index < -0.39 is 0 Å². The summed E-state index contributed by atoms with van der Waals surface area (Å²) in [4.78, 5) is 14.1. The summed E-state index contributed by atoms with van der Waals surface area (Å²) in [5.74, 6) is 2.23. The van der Waals surface area contributed by atoms with Crippen LogP contribution in [0.25, 0.3) is 0 Å². The van der Waals surface area contributed by atoms with Crippen molar-refractivity contribution in [1.82, 2.24) is 4.90 Å². The maximum Gasteiger partial charge on any atom is 0.220 e. The number of rotatable bonds is 6.